The number of aromatic carboxylic acids is 1. The van der Waals surface area contributed by atoms with Crippen molar-refractivity contribution in [1.29, 1.82) is 0 Å². The molecule has 0 spiro atoms. The van der Waals surface area contributed by atoms with Gasteiger partial charge in [-0.3, -0.25) is 0 Å². The van der Waals surface area contributed by atoms with E-state index in [1.165, 1.54) is 0 Å². The predicted molar refractivity (Wildman–Crippen MR) is 63.1 cm³/mol. The molecule has 4 heteroatoms. The Morgan fingerprint density at radius 1 is 1.50 bits per heavy atom. The maximum Gasteiger partial charge on any atom is 0.337 e. The fraction of sp³-hybridized carbons (Fsp3) is 0.417. The van der Waals surface area contributed by atoms with Crippen LogP contribution in [0.5, 0.6) is 0 Å². The summed E-state index contributed by atoms with van der Waals surface area (Å²) in [6.45, 7) is 5.65. The Kier molecular flexibility index (Phi) is 4.79. The van der Waals surface area contributed by atoms with Gasteiger partial charge in [0.15, 0.2) is 0 Å². The van der Waals surface area contributed by atoms with Crippen LogP contribution in [-0.2, 0) is 4.74 Å². The largest absolute Gasteiger partial charge is 0.478 e. The van der Waals surface area contributed by atoms with Crippen molar-refractivity contribution >= 4 is 11.7 Å². The summed E-state index contributed by atoms with van der Waals surface area (Å²) >= 11 is 0. The summed E-state index contributed by atoms with van der Waals surface area (Å²) in [5.74, 6) is -0.914. The van der Waals surface area contributed by atoms with Crippen molar-refractivity contribution in [2.24, 2.45) is 0 Å². The Morgan fingerprint density at radius 2 is 2.25 bits per heavy atom. The van der Waals surface area contributed by atoms with Crippen LogP contribution in [0.4, 0.5) is 5.69 Å². The minimum Gasteiger partial charge on any atom is -0.478 e. The second kappa shape index (κ2) is 6.12. The van der Waals surface area contributed by atoms with Gasteiger partial charge in [0.2, 0.25) is 0 Å². The number of aryl methyl sites for hydroxylation is 1. The first-order chi connectivity index (χ1) is 7.65. The summed E-state index contributed by atoms with van der Waals surface area (Å²) in [6, 6.07) is 5.32. The summed E-state index contributed by atoms with van der Waals surface area (Å²) in [5.41, 5.74) is 1.88. The zero-order valence-corrected chi connectivity index (χ0v) is 9.62. The van der Waals surface area contributed by atoms with Gasteiger partial charge >= 0.3 is 5.97 Å². The molecule has 0 radical (unpaired) electrons. The maximum absolute atomic E-state index is 11.0. The van der Waals surface area contributed by atoms with Gasteiger partial charge in [-0.1, -0.05) is 11.6 Å². The molecule has 16 heavy (non-hydrogen) atoms. The molecule has 0 saturated heterocycles. The second-order valence-corrected chi connectivity index (χ2v) is 3.48. The number of rotatable bonds is 6. The van der Waals surface area contributed by atoms with Crippen LogP contribution in [0.2, 0.25) is 0 Å². The second-order valence-electron chi connectivity index (χ2n) is 3.48. The fourth-order valence-corrected chi connectivity index (χ4v) is 1.39. The van der Waals surface area contributed by atoms with Gasteiger partial charge in [-0.2, -0.15) is 0 Å². The van der Waals surface area contributed by atoms with Gasteiger partial charge in [0.25, 0.3) is 0 Å². The van der Waals surface area contributed by atoms with Gasteiger partial charge < -0.3 is 15.2 Å². The molecule has 4 nitrogen and oxygen atoms in total. The van der Waals surface area contributed by atoms with Crippen molar-refractivity contribution in [3.8, 4) is 0 Å². The molecule has 0 aliphatic rings. The fourth-order valence-electron chi connectivity index (χ4n) is 1.39. The molecule has 1 rings (SSSR count). The quantitative estimate of drug-likeness (QED) is 0.725. The van der Waals surface area contributed by atoms with E-state index in [0.717, 1.165) is 5.56 Å². The lowest BCUT2D eigenvalue weighted by Gasteiger charge is -2.10. The zero-order chi connectivity index (χ0) is 12.0. The molecule has 0 aliphatic heterocycles. The van der Waals surface area contributed by atoms with Crippen LogP contribution in [-0.4, -0.2) is 30.8 Å². The van der Waals surface area contributed by atoms with E-state index >= 15 is 0 Å². The van der Waals surface area contributed by atoms with Gasteiger partial charge in [-0.25, -0.2) is 4.79 Å². The average molecular weight is 223 g/mol. The van der Waals surface area contributed by atoms with Gasteiger partial charge in [0.05, 0.1) is 12.2 Å². The molecule has 0 unspecified atom stereocenters. The number of anilines is 1. The van der Waals surface area contributed by atoms with E-state index in [9.17, 15) is 4.79 Å². The monoisotopic (exact) mass is 223 g/mol. The van der Waals surface area contributed by atoms with Crippen LogP contribution in [0.1, 0.15) is 22.8 Å². The summed E-state index contributed by atoms with van der Waals surface area (Å²) in [4.78, 5) is 11.0. The predicted octanol–water partition coefficient (Wildman–Crippen LogP) is 2.14. The van der Waals surface area contributed by atoms with Crippen LogP contribution >= 0.6 is 0 Å². The Labute approximate surface area is 95.2 Å². The smallest absolute Gasteiger partial charge is 0.337 e. The molecule has 1 aromatic rings. The lowest BCUT2D eigenvalue weighted by atomic mass is 10.1. The SMILES string of the molecule is CCOCCNc1ccc(C)cc1C(=O)O. The topological polar surface area (TPSA) is 58.6 Å². The molecule has 0 aromatic heterocycles. The lowest BCUT2D eigenvalue weighted by Crippen LogP contribution is -2.12. The third-order valence-corrected chi connectivity index (χ3v) is 2.17. The molecular weight excluding hydrogens is 206 g/mol. The van der Waals surface area contributed by atoms with E-state index in [-0.39, 0.29) is 0 Å². The van der Waals surface area contributed by atoms with E-state index < -0.39 is 5.97 Å². The van der Waals surface area contributed by atoms with Gasteiger partial charge in [-0.05, 0) is 26.0 Å². The van der Waals surface area contributed by atoms with Crippen molar-refractivity contribution in [3.05, 3.63) is 29.3 Å². The lowest BCUT2D eigenvalue weighted by molar-refractivity contribution is 0.0697. The van der Waals surface area contributed by atoms with Crippen molar-refractivity contribution < 1.29 is 14.6 Å². The van der Waals surface area contributed by atoms with Crippen LogP contribution in [0.25, 0.3) is 0 Å². The number of hydrogen-bond donors (Lipinski definition) is 2. The maximum atomic E-state index is 11.0. The Morgan fingerprint density at radius 3 is 2.88 bits per heavy atom. The summed E-state index contributed by atoms with van der Waals surface area (Å²) in [5, 5.41) is 12.1. The van der Waals surface area contributed by atoms with Crippen LogP contribution in [0.15, 0.2) is 18.2 Å². The first-order valence-electron chi connectivity index (χ1n) is 5.30. The normalized spacial score (nSPS) is 10.1. The Hall–Kier alpha value is -1.55. The van der Waals surface area contributed by atoms with E-state index in [0.29, 0.717) is 31.0 Å². The van der Waals surface area contributed by atoms with Crippen LogP contribution in [0.3, 0.4) is 0 Å². The molecule has 2 N–H and O–H groups in total. The summed E-state index contributed by atoms with van der Waals surface area (Å²) < 4.78 is 5.17. The van der Waals surface area contributed by atoms with Crippen molar-refractivity contribution in [2.45, 2.75) is 13.8 Å². The van der Waals surface area contributed by atoms with Crippen molar-refractivity contribution in [1.82, 2.24) is 0 Å². The van der Waals surface area contributed by atoms with Crippen molar-refractivity contribution in [3.63, 3.8) is 0 Å². The van der Waals surface area contributed by atoms with Gasteiger partial charge in [0, 0.05) is 18.8 Å². The number of benzene rings is 1. The molecule has 0 bridgehead atoms. The average Bonchev–Trinajstić information content (AvgIpc) is 2.26. The van der Waals surface area contributed by atoms with E-state index in [4.69, 9.17) is 9.84 Å². The van der Waals surface area contributed by atoms with Gasteiger partial charge in [0.1, 0.15) is 0 Å². The van der Waals surface area contributed by atoms with Gasteiger partial charge in [-0.15, -0.1) is 0 Å². The van der Waals surface area contributed by atoms with E-state index in [1.807, 2.05) is 19.9 Å². The molecule has 0 saturated carbocycles. The molecule has 88 valence electrons. The molecule has 0 atom stereocenters. The molecule has 0 fully saturated rings. The number of hydrogen-bond acceptors (Lipinski definition) is 3. The highest BCUT2D eigenvalue weighted by molar-refractivity contribution is 5.94. The van der Waals surface area contributed by atoms with E-state index in [1.54, 1.807) is 12.1 Å². The molecule has 0 aliphatic carbocycles. The summed E-state index contributed by atoms with van der Waals surface area (Å²) in [7, 11) is 0. The minimum absolute atomic E-state index is 0.302. The molecule has 0 heterocycles. The first-order valence-corrected chi connectivity index (χ1v) is 5.30. The number of carboxylic acids is 1. The molecule has 1 aromatic carbocycles. The zero-order valence-electron chi connectivity index (χ0n) is 9.62. The van der Waals surface area contributed by atoms with Crippen LogP contribution in [0, 0.1) is 6.92 Å². The standard InChI is InChI=1S/C12H17NO3/c1-3-16-7-6-13-11-5-4-9(2)8-10(11)12(14)15/h4-5,8,13H,3,6-7H2,1-2H3,(H,14,15). The Balaban J connectivity index is 2.67. The number of ether oxygens (including phenoxy) is 1. The highest BCUT2D eigenvalue weighted by Crippen LogP contribution is 2.16. The van der Waals surface area contributed by atoms with Crippen LogP contribution < -0.4 is 5.32 Å². The van der Waals surface area contributed by atoms with Crippen molar-refractivity contribution in [2.75, 3.05) is 25.1 Å². The number of carbonyl (C=O) groups is 1. The highest BCUT2D eigenvalue weighted by Gasteiger charge is 2.09. The minimum atomic E-state index is -0.914. The highest BCUT2D eigenvalue weighted by atomic mass is 16.5. The molecular formula is C12H17NO3. The first kappa shape index (κ1) is 12.5. The van der Waals surface area contributed by atoms with E-state index in [2.05, 4.69) is 5.32 Å². The molecule has 0 amide bonds. The third kappa shape index (κ3) is 3.55. The number of nitrogens with one attached hydrogen (secondary N) is 1. The summed E-state index contributed by atoms with van der Waals surface area (Å²) in [6.07, 6.45) is 0. The third-order valence-electron chi connectivity index (χ3n) is 2.17. The number of carboxylic acid groups (broad SMARTS) is 1. The Bertz CT molecular complexity index is 363.